The number of phenols is 1. The lowest BCUT2D eigenvalue weighted by atomic mass is 10.2. The average Bonchev–Trinajstić information content (AvgIpc) is 2.49. The predicted molar refractivity (Wildman–Crippen MR) is 87.2 cm³/mol. The smallest absolute Gasteiger partial charge is 0.248 e. The molecular weight excluding hydrogens is 333 g/mol. The van der Waals surface area contributed by atoms with Gasteiger partial charge in [0.1, 0.15) is 5.02 Å². The van der Waals surface area contributed by atoms with E-state index < -0.39 is 5.91 Å². The predicted octanol–water partition coefficient (Wildman–Crippen LogP) is 5.00. The van der Waals surface area contributed by atoms with Crippen LogP contribution in [-0.2, 0) is 4.79 Å². The van der Waals surface area contributed by atoms with Gasteiger partial charge in [-0.3, -0.25) is 4.79 Å². The second kappa shape index (κ2) is 6.85. The van der Waals surface area contributed by atoms with E-state index in [4.69, 9.17) is 34.8 Å². The molecule has 0 saturated heterocycles. The van der Waals surface area contributed by atoms with E-state index in [2.05, 4.69) is 5.32 Å². The van der Waals surface area contributed by atoms with E-state index in [9.17, 15) is 9.90 Å². The van der Waals surface area contributed by atoms with Crippen LogP contribution < -0.4 is 5.32 Å². The number of halogens is 3. The fourth-order valence-electron chi connectivity index (χ4n) is 1.59. The first-order chi connectivity index (χ1) is 9.99. The second-order valence-electron chi connectivity index (χ2n) is 4.12. The molecule has 108 valence electrons. The van der Waals surface area contributed by atoms with Crippen LogP contribution in [0.1, 0.15) is 5.56 Å². The Kier molecular flexibility index (Phi) is 5.12. The highest BCUT2D eigenvalue weighted by Crippen LogP contribution is 2.42. The molecule has 0 aromatic heterocycles. The zero-order valence-electron chi connectivity index (χ0n) is 10.6. The number of aromatic hydroxyl groups is 1. The number of hydrogen-bond acceptors (Lipinski definition) is 2. The largest absolute Gasteiger partial charge is 0.505 e. The molecule has 0 bridgehead atoms. The van der Waals surface area contributed by atoms with Gasteiger partial charge in [0.25, 0.3) is 0 Å². The summed E-state index contributed by atoms with van der Waals surface area (Å²) in [7, 11) is 0. The number of amides is 1. The summed E-state index contributed by atoms with van der Waals surface area (Å²) >= 11 is 17.5. The Bertz CT molecular complexity index is 700. The first kappa shape index (κ1) is 15.7. The Labute approximate surface area is 136 Å². The third-order valence-electron chi connectivity index (χ3n) is 2.62. The zero-order chi connectivity index (χ0) is 15.4. The van der Waals surface area contributed by atoms with Gasteiger partial charge in [0.15, 0.2) is 5.75 Å². The molecule has 0 heterocycles. The van der Waals surface area contributed by atoms with Gasteiger partial charge in [-0.2, -0.15) is 0 Å². The minimum Gasteiger partial charge on any atom is -0.505 e. The minimum absolute atomic E-state index is 0.00624. The summed E-state index contributed by atoms with van der Waals surface area (Å²) in [4.78, 5) is 11.8. The van der Waals surface area contributed by atoms with Crippen LogP contribution in [-0.4, -0.2) is 11.0 Å². The number of hydrogen-bond donors (Lipinski definition) is 2. The van der Waals surface area contributed by atoms with Crippen molar-refractivity contribution in [1.29, 1.82) is 0 Å². The van der Waals surface area contributed by atoms with Gasteiger partial charge in [-0.1, -0.05) is 65.1 Å². The Morgan fingerprint density at radius 1 is 1.10 bits per heavy atom. The average molecular weight is 343 g/mol. The van der Waals surface area contributed by atoms with Crippen molar-refractivity contribution in [1.82, 2.24) is 0 Å². The summed E-state index contributed by atoms with van der Waals surface area (Å²) < 4.78 is 0. The van der Waals surface area contributed by atoms with Crippen LogP contribution >= 0.6 is 34.8 Å². The Hall–Kier alpha value is -1.68. The van der Waals surface area contributed by atoms with Crippen molar-refractivity contribution in [3.8, 4) is 5.75 Å². The molecule has 0 atom stereocenters. The van der Waals surface area contributed by atoms with E-state index in [1.54, 1.807) is 6.08 Å². The summed E-state index contributed by atoms with van der Waals surface area (Å²) in [5.41, 5.74) is 1.12. The van der Waals surface area contributed by atoms with Crippen molar-refractivity contribution in [3.05, 3.63) is 63.1 Å². The normalized spacial score (nSPS) is 10.8. The number of rotatable bonds is 3. The third-order valence-corrected chi connectivity index (χ3v) is 3.76. The maximum Gasteiger partial charge on any atom is 0.248 e. The molecule has 3 nitrogen and oxygen atoms in total. The van der Waals surface area contributed by atoms with Crippen LogP contribution in [0.5, 0.6) is 5.75 Å². The molecule has 2 aromatic carbocycles. The van der Waals surface area contributed by atoms with Gasteiger partial charge in [0, 0.05) is 6.08 Å². The molecule has 0 fully saturated rings. The fraction of sp³-hybridized carbons (Fsp3) is 0. The molecule has 0 aliphatic heterocycles. The quantitative estimate of drug-likeness (QED) is 0.468. The maximum absolute atomic E-state index is 11.8. The van der Waals surface area contributed by atoms with Crippen molar-refractivity contribution in [2.45, 2.75) is 0 Å². The lowest BCUT2D eigenvalue weighted by Crippen LogP contribution is -2.08. The molecule has 2 aromatic rings. The molecular formula is C15H10Cl3NO2. The fourth-order valence-corrected chi connectivity index (χ4v) is 2.23. The highest BCUT2D eigenvalue weighted by Gasteiger charge is 2.14. The maximum atomic E-state index is 11.8. The minimum atomic E-state index is -0.390. The lowest BCUT2D eigenvalue weighted by molar-refractivity contribution is -0.111. The van der Waals surface area contributed by atoms with Crippen LogP contribution in [0.25, 0.3) is 6.08 Å². The number of carbonyl (C=O) groups excluding carboxylic acids is 1. The van der Waals surface area contributed by atoms with Crippen LogP contribution in [0.15, 0.2) is 42.5 Å². The van der Waals surface area contributed by atoms with Crippen molar-refractivity contribution in [3.63, 3.8) is 0 Å². The topological polar surface area (TPSA) is 49.3 Å². The van der Waals surface area contributed by atoms with E-state index in [0.29, 0.717) is 0 Å². The summed E-state index contributed by atoms with van der Waals surface area (Å²) in [5, 5.41) is 12.0. The molecule has 2 rings (SSSR count). The summed E-state index contributed by atoms with van der Waals surface area (Å²) in [5.74, 6) is -0.709. The highest BCUT2D eigenvalue weighted by atomic mass is 35.5. The van der Waals surface area contributed by atoms with Crippen LogP contribution in [0, 0.1) is 0 Å². The molecule has 0 saturated carbocycles. The van der Waals surface area contributed by atoms with E-state index in [-0.39, 0.29) is 26.5 Å². The van der Waals surface area contributed by atoms with Gasteiger partial charge < -0.3 is 10.4 Å². The number of benzene rings is 2. The Morgan fingerprint density at radius 2 is 1.76 bits per heavy atom. The van der Waals surface area contributed by atoms with Crippen molar-refractivity contribution in [2.24, 2.45) is 0 Å². The van der Waals surface area contributed by atoms with Gasteiger partial charge in [-0.25, -0.2) is 0 Å². The number of phenolic OH excluding ortho intramolecular Hbond substituents is 1. The molecule has 6 heteroatoms. The van der Waals surface area contributed by atoms with Gasteiger partial charge in [-0.15, -0.1) is 0 Å². The van der Waals surface area contributed by atoms with Crippen molar-refractivity contribution in [2.75, 3.05) is 5.32 Å². The SMILES string of the molecule is O=C(C=Cc1ccccc1)Nc1cc(Cl)c(O)c(Cl)c1Cl. The van der Waals surface area contributed by atoms with Gasteiger partial charge in [-0.05, 0) is 17.7 Å². The van der Waals surface area contributed by atoms with Crippen LogP contribution in [0.3, 0.4) is 0 Å². The highest BCUT2D eigenvalue weighted by molar-refractivity contribution is 6.46. The molecule has 1 amide bonds. The van der Waals surface area contributed by atoms with E-state index >= 15 is 0 Å². The molecule has 0 unspecified atom stereocenters. The lowest BCUT2D eigenvalue weighted by Gasteiger charge is -2.09. The van der Waals surface area contributed by atoms with Crippen molar-refractivity contribution >= 4 is 52.5 Å². The van der Waals surface area contributed by atoms with Gasteiger partial charge >= 0.3 is 0 Å². The first-order valence-corrected chi connectivity index (χ1v) is 7.03. The van der Waals surface area contributed by atoms with E-state index in [1.165, 1.54) is 12.1 Å². The van der Waals surface area contributed by atoms with Crippen LogP contribution in [0.2, 0.25) is 15.1 Å². The second-order valence-corrected chi connectivity index (χ2v) is 5.28. The van der Waals surface area contributed by atoms with Crippen LogP contribution in [0.4, 0.5) is 5.69 Å². The summed E-state index contributed by atoms with van der Waals surface area (Å²) in [6, 6.07) is 10.7. The van der Waals surface area contributed by atoms with Gasteiger partial charge in [0.2, 0.25) is 5.91 Å². The molecule has 2 N–H and O–H groups in total. The standard InChI is InChI=1S/C15H10Cl3NO2/c16-10-8-11(13(17)14(18)15(10)21)19-12(20)7-6-9-4-2-1-3-5-9/h1-8,21H,(H,19,20). The van der Waals surface area contributed by atoms with E-state index in [0.717, 1.165) is 5.56 Å². The molecule has 0 radical (unpaired) electrons. The summed E-state index contributed by atoms with van der Waals surface area (Å²) in [6.07, 6.45) is 3.02. The molecule has 0 spiro atoms. The van der Waals surface area contributed by atoms with Gasteiger partial charge in [0.05, 0.1) is 15.7 Å². The zero-order valence-corrected chi connectivity index (χ0v) is 12.9. The number of anilines is 1. The van der Waals surface area contributed by atoms with E-state index in [1.807, 2.05) is 30.3 Å². The molecule has 0 aliphatic rings. The first-order valence-electron chi connectivity index (χ1n) is 5.89. The molecule has 0 aliphatic carbocycles. The van der Waals surface area contributed by atoms with Crippen molar-refractivity contribution < 1.29 is 9.90 Å². The Balaban J connectivity index is 2.15. The summed E-state index contributed by atoms with van der Waals surface area (Å²) in [6.45, 7) is 0. The Morgan fingerprint density at radius 3 is 2.43 bits per heavy atom. The number of carbonyl (C=O) groups is 1. The number of nitrogens with one attached hydrogen (secondary N) is 1. The third kappa shape index (κ3) is 3.91. The molecule has 21 heavy (non-hydrogen) atoms. The monoisotopic (exact) mass is 341 g/mol.